The van der Waals surface area contributed by atoms with E-state index in [0.717, 1.165) is 0 Å². The molecule has 0 aromatic heterocycles. The van der Waals surface area contributed by atoms with Gasteiger partial charge in [-0.2, -0.15) is 0 Å². The van der Waals surface area contributed by atoms with Crippen LogP contribution in [0.15, 0.2) is 0 Å². The molecule has 6 nitrogen and oxygen atoms in total. The Morgan fingerprint density at radius 3 is 1.71 bits per heavy atom. The Labute approximate surface area is 83.4 Å². The number of hydrogen-bond donors (Lipinski definition) is 2. The largest absolute Gasteiger partial charge is 0.471 e. The first-order valence-electron chi connectivity index (χ1n) is 3.92. The summed E-state index contributed by atoms with van der Waals surface area (Å²) >= 11 is 0. The van der Waals surface area contributed by atoms with Crippen LogP contribution in [-0.2, 0) is 19.1 Å². The van der Waals surface area contributed by atoms with E-state index in [9.17, 15) is 4.79 Å². The maximum Gasteiger partial charge on any atom is 0.302 e. The van der Waals surface area contributed by atoms with Crippen molar-refractivity contribution in [3.8, 4) is 0 Å². The molecule has 0 aromatic rings. The number of rotatable bonds is 3. The zero-order chi connectivity index (χ0) is 11.8. The highest BCUT2D eigenvalue weighted by atomic mass is 16.5. The van der Waals surface area contributed by atoms with Crippen LogP contribution in [0.3, 0.4) is 0 Å². The van der Waals surface area contributed by atoms with Gasteiger partial charge in [0.2, 0.25) is 0 Å². The first kappa shape index (κ1) is 18.6. The normalized spacial score (nSPS) is 6.93. The fourth-order valence-electron chi connectivity index (χ4n) is 0.203. The molecular weight excluding hydrogens is 192 g/mol. The van der Waals surface area contributed by atoms with E-state index in [0.29, 0.717) is 13.1 Å². The molecule has 0 unspecified atom stereocenters. The molecule has 0 rings (SSSR count). The smallest absolute Gasteiger partial charge is 0.302 e. The van der Waals surface area contributed by atoms with Gasteiger partial charge in [0.25, 0.3) is 6.47 Å². The van der Waals surface area contributed by atoms with E-state index in [2.05, 4.69) is 9.47 Å². The van der Waals surface area contributed by atoms with Gasteiger partial charge in [-0.05, 0) is 6.92 Å². The maximum absolute atomic E-state index is 9.82. The van der Waals surface area contributed by atoms with Gasteiger partial charge >= 0.3 is 5.97 Å². The Hall–Kier alpha value is -1.14. The van der Waals surface area contributed by atoms with E-state index >= 15 is 0 Å². The van der Waals surface area contributed by atoms with Crippen LogP contribution in [0.5, 0.6) is 0 Å². The van der Waals surface area contributed by atoms with Crippen molar-refractivity contribution in [1.82, 2.24) is 0 Å². The van der Waals surface area contributed by atoms with Crippen molar-refractivity contribution in [2.45, 2.75) is 13.8 Å². The van der Waals surface area contributed by atoms with E-state index in [1.165, 1.54) is 14.0 Å². The summed E-state index contributed by atoms with van der Waals surface area (Å²) in [5.41, 5.74) is 0. The van der Waals surface area contributed by atoms with Crippen molar-refractivity contribution in [1.29, 1.82) is 0 Å². The third kappa shape index (κ3) is 70.9. The highest BCUT2D eigenvalue weighted by molar-refractivity contribution is 5.65. The molecule has 0 spiro atoms. The van der Waals surface area contributed by atoms with Crippen LogP contribution in [0.4, 0.5) is 0 Å². The average Bonchev–Trinajstić information content (AvgIpc) is 2.18. The summed E-state index contributed by atoms with van der Waals surface area (Å²) in [6.45, 7) is 3.78. The molecule has 0 aliphatic carbocycles. The first-order chi connectivity index (χ1) is 6.60. The first-order valence-corrected chi connectivity index (χ1v) is 3.92. The summed E-state index contributed by atoms with van der Waals surface area (Å²) in [6, 6.07) is 0. The summed E-state index contributed by atoms with van der Waals surface area (Å²) in [4.78, 5) is 18.8. The molecule has 0 bridgehead atoms. The maximum atomic E-state index is 9.82. The van der Waals surface area contributed by atoms with Crippen molar-refractivity contribution < 1.29 is 29.3 Å². The van der Waals surface area contributed by atoms with Crippen molar-refractivity contribution in [3.05, 3.63) is 0 Å². The second-order valence-corrected chi connectivity index (χ2v) is 1.70. The minimum absolute atomic E-state index is 0.125. The van der Waals surface area contributed by atoms with Crippen molar-refractivity contribution in [3.63, 3.8) is 0 Å². The highest BCUT2D eigenvalue weighted by Crippen LogP contribution is 1.69. The van der Waals surface area contributed by atoms with E-state index in [1.54, 1.807) is 6.92 Å². The molecule has 14 heavy (non-hydrogen) atoms. The van der Waals surface area contributed by atoms with Crippen LogP contribution in [-0.4, -0.2) is 49.6 Å². The highest BCUT2D eigenvalue weighted by Gasteiger charge is 1.81. The topological polar surface area (TPSA) is 93.1 Å². The summed E-state index contributed by atoms with van der Waals surface area (Å²) in [6.07, 6.45) is 0. The molecule has 0 saturated heterocycles. The van der Waals surface area contributed by atoms with Crippen LogP contribution < -0.4 is 0 Å². The van der Waals surface area contributed by atoms with E-state index in [4.69, 9.17) is 15.0 Å². The molecule has 2 N–H and O–H groups in total. The number of aliphatic hydroxyl groups is 2. The fraction of sp³-hybridized carbons (Fsp3) is 0.750. The molecule has 0 aliphatic heterocycles. The lowest BCUT2D eigenvalue weighted by molar-refractivity contribution is -0.140. The number of carbonyl (C=O) groups is 2. The lowest BCUT2D eigenvalue weighted by Gasteiger charge is -1.89. The average molecular weight is 210 g/mol. The van der Waals surface area contributed by atoms with Gasteiger partial charge in [0.15, 0.2) is 0 Å². The van der Waals surface area contributed by atoms with E-state index in [-0.39, 0.29) is 19.2 Å². The number of hydrogen-bond acceptors (Lipinski definition) is 6. The molecule has 86 valence electrons. The third-order valence-electron chi connectivity index (χ3n) is 0.544. The molecule has 6 heteroatoms. The van der Waals surface area contributed by atoms with Gasteiger partial charge in [0, 0.05) is 6.92 Å². The lowest BCUT2D eigenvalue weighted by atomic mass is 10.8. The van der Waals surface area contributed by atoms with Crippen molar-refractivity contribution in [2.75, 3.05) is 26.9 Å². The second-order valence-electron chi connectivity index (χ2n) is 1.70. The molecule has 0 saturated carbocycles. The van der Waals surface area contributed by atoms with E-state index < -0.39 is 0 Å². The molecule has 0 fully saturated rings. The summed E-state index contributed by atoms with van der Waals surface area (Å²) < 4.78 is 8.26. The Bertz CT molecular complexity index is 112. The van der Waals surface area contributed by atoms with Gasteiger partial charge in [0.05, 0.1) is 26.9 Å². The van der Waals surface area contributed by atoms with Crippen molar-refractivity contribution in [2.24, 2.45) is 0 Å². The van der Waals surface area contributed by atoms with Gasteiger partial charge in [0.1, 0.15) is 0 Å². The monoisotopic (exact) mass is 210 g/mol. The van der Waals surface area contributed by atoms with Gasteiger partial charge in [-0.3, -0.25) is 9.59 Å². The molecule has 0 radical (unpaired) electrons. The Balaban J connectivity index is -0.000000135. The van der Waals surface area contributed by atoms with Crippen LogP contribution in [0, 0.1) is 0 Å². The van der Waals surface area contributed by atoms with Crippen LogP contribution in [0.2, 0.25) is 0 Å². The molecular formula is C8H18O6. The zero-order valence-corrected chi connectivity index (χ0v) is 8.73. The van der Waals surface area contributed by atoms with Gasteiger partial charge in [-0.1, -0.05) is 0 Å². The molecule has 0 amide bonds. The minimum atomic E-state index is -0.211. The number of ether oxygens (including phenoxy) is 2. The SMILES string of the molecule is CCOC(C)=O.COC=O.OCCO. The third-order valence-corrected chi connectivity index (χ3v) is 0.544. The number of methoxy groups -OCH3 is 1. The Morgan fingerprint density at radius 1 is 1.36 bits per heavy atom. The predicted molar refractivity (Wildman–Crippen MR) is 49.6 cm³/mol. The Morgan fingerprint density at radius 2 is 1.71 bits per heavy atom. The number of aliphatic hydroxyl groups excluding tert-OH is 2. The van der Waals surface area contributed by atoms with Crippen LogP contribution >= 0.6 is 0 Å². The van der Waals surface area contributed by atoms with Crippen LogP contribution in [0.1, 0.15) is 13.8 Å². The molecule has 0 atom stereocenters. The summed E-state index contributed by atoms with van der Waals surface area (Å²) in [7, 11) is 1.31. The fourth-order valence-corrected chi connectivity index (χ4v) is 0.203. The summed E-state index contributed by atoms with van der Waals surface area (Å²) in [5, 5.41) is 15.2. The summed E-state index contributed by atoms with van der Waals surface area (Å²) in [5.74, 6) is -0.211. The van der Waals surface area contributed by atoms with Gasteiger partial charge in [-0.25, -0.2) is 0 Å². The number of carbonyl (C=O) groups excluding carboxylic acids is 2. The van der Waals surface area contributed by atoms with Gasteiger partial charge < -0.3 is 19.7 Å². The lowest BCUT2D eigenvalue weighted by Crippen LogP contribution is -1.95. The minimum Gasteiger partial charge on any atom is -0.471 e. The van der Waals surface area contributed by atoms with Gasteiger partial charge in [-0.15, -0.1) is 0 Å². The van der Waals surface area contributed by atoms with Crippen LogP contribution in [0.25, 0.3) is 0 Å². The predicted octanol–water partition coefficient (Wildman–Crippen LogP) is -0.670. The zero-order valence-electron chi connectivity index (χ0n) is 8.73. The number of esters is 1. The molecule has 0 aliphatic rings. The van der Waals surface area contributed by atoms with E-state index in [1.807, 2.05) is 0 Å². The Kier molecular flexibility index (Phi) is 30.1. The van der Waals surface area contributed by atoms with Crippen molar-refractivity contribution >= 4 is 12.4 Å². The standard InChI is InChI=1S/C4H8O2.C2H4O2.C2H6O2/c1-3-6-4(2)5;1-4-2-3;3-1-2-4/h3H2,1-2H3;2H,1H3;3-4H,1-2H2. The molecule has 0 aromatic carbocycles. The molecule has 0 heterocycles. The second kappa shape index (κ2) is 22.6. The quantitative estimate of drug-likeness (QED) is 0.474.